The number of aliphatic hydroxyl groups excluding tert-OH is 1. The van der Waals surface area contributed by atoms with Crippen LogP contribution in [0.1, 0.15) is 39.0 Å². The quantitative estimate of drug-likeness (QED) is 0.557. The maximum absolute atomic E-state index is 9.67. The molecule has 0 aromatic heterocycles. The van der Waals surface area contributed by atoms with Crippen LogP contribution < -0.4 is 24.8 Å². The summed E-state index contributed by atoms with van der Waals surface area (Å²) in [4.78, 5) is 0. The monoisotopic (exact) mass is 430 g/mol. The van der Waals surface area contributed by atoms with Gasteiger partial charge in [0.25, 0.3) is 0 Å². The van der Waals surface area contributed by atoms with Crippen LogP contribution in [0.3, 0.4) is 0 Å². The minimum atomic E-state index is 0. The summed E-state index contributed by atoms with van der Waals surface area (Å²) in [6.45, 7) is 2.61. The largest absolute Gasteiger partial charge is 2.00 e. The second-order valence-corrected chi connectivity index (χ2v) is 6.51. The third-order valence-electron chi connectivity index (χ3n) is 5.86. The van der Waals surface area contributed by atoms with Crippen LogP contribution in [-0.2, 0) is 26.2 Å². The predicted molar refractivity (Wildman–Crippen MR) is 84.3 cm³/mol. The Balaban J connectivity index is 0.00000161. The molecule has 0 radical (unpaired) electrons. The van der Waals surface area contributed by atoms with Crippen molar-refractivity contribution in [3.8, 4) is 0 Å². The van der Waals surface area contributed by atoms with E-state index in [1.165, 1.54) is 19.3 Å². The SMILES string of the molecule is CCC(CCO)(C1C=CC=C1)C1CCC2CC=CC=C21.[Cl-].[Cl-].[Zr+2]. The van der Waals surface area contributed by atoms with Gasteiger partial charge >= 0.3 is 26.2 Å². The summed E-state index contributed by atoms with van der Waals surface area (Å²) < 4.78 is 0. The first-order valence-electron chi connectivity index (χ1n) is 8.14. The molecule has 0 bridgehead atoms. The molecule has 3 atom stereocenters. The Hall–Kier alpha value is 0.383. The maximum atomic E-state index is 9.67. The Kier molecular flexibility index (Phi) is 10.6. The van der Waals surface area contributed by atoms with E-state index in [4.69, 9.17) is 0 Å². The third-order valence-corrected chi connectivity index (χ3v) is 5.86. The molecule has 0 aliphatic heterocycles. The van der Waals surface area contributed by atoms with Gasteiger partial charge in [0, 0.05) is 12.5 Å². The Morgan fingerprint density at radius 1 is 1.13 bits per heavy atom. The van der Waals surface area contributed by atoms with Crippen LogP contribution in [0.5, 0.6) is 0 Å². The molecule has 3 aliphatic carbocycles. The summed E-state index contributed by atoms with van der Waals surface area (Å²) >= 11 is 0. The van der Waals surface area contributed by atoms with Crippen molar-refractivity contribution in [1.82, 2.24) is 0 Å². The minimum absolute atomic E-state index is 0. The molecule has 3 aliphatic rings. The van der Waals surface area contributed by atoms with E-state index >= 15 is 0 Å². The van der Waals surface area contributed by atoms with Crippen molar-refractivity contribution in [2.24, 2.45) is 23.2 Å². The Bertz CT molecular complexity index is 472. The van der Waals surface area contributed by atoms with Crippen LogP contribution in [0.2, 0.25) is 0 Å². The Morgan fingerprint density at radius 2 is 1.83 bits per heavy atom. The molecule has 0 aromatic rings. The van der Waals surface area contributed by atoms with Gasteiger partial charge in [0.15, 0.2) is 0 Å². The summed E-state index contributed by atoms with van der Waals surface area (Å²) in [5.74, 6) is 1.91. The topological polar surface area (TPSA) is 20.2 Å². The number of aliphatic hydroxyl groups is 1. The van der Waals surface area contributed by atoms with E-state index in [1.807, 2.05) is 0 Å². The molecule has 0 saturated heterocycles. The average molecular weight is 433 g/mol. The van der Waals surface area contributed by atoms with Gasteiger partial charge in [-0.05, 0) is 49.4 Å². The van der Waals surface area contributed by atoms with Crippen LogP contribution in [-0.4, -0.2) is 11.7 Å². The predicted octanol–water partition coefficient (Wildman–Crippen LogP) is -1.57. The summed E-state index contributed by atoms with van der Waals surface area (Å²) in [5.41, 5.74) is 1.88. The van der Waals surface area contributed by atoms with Gasteiger partial charge in [0.1, 0.15) is 0 Å². The number of halogens is 2. The first kappa shape index (κ1) is 23.4. The molecule has 126 valence electrons. The first-order chi connectivity index (χ1) is 9.81. The van der Waals surface area contributed by atoms with Gasteiger partial charge in [-0.3, -0.25) is 0 Å². The standard InChI is InChI=1S/C19H26O.2ClH.Zr/c1-2-19(13-14-20,16-8-4-5-9-16)18-12-11-15-7-3-6-10-17(15)18;;;/h3-6,8-10,15-16,18,20H,2,7,11-14H2,1H3;2*1H;/q;;;+2/p-2. The fourth-order valence-corrected chi connectivity index (χ4v) is 4.79. The second-order valence-electron chi connectivity index (χ2n) is 6.51. The number of rotatable bonds is 5. The molecule has 1 fully saturated rings. The van der Waals surface area contributed by atoms with Crippen LogP contribution in [0, 0.1) is 23.2 Å². The number of fused-ring (bicyclic) bond motifs is 1. The zero-order chi connectivity index (χ0) is 14.0. The van der Waals surface area contributed by atoms with Gasteiger partial charge in [-0.1, -0.05) is 55.0 Å². The van der Waals surface area contributed by atoms with Gasteiger partial charge in [0.2, 0.25) is 0 Å². The fraction of sp³-hybridized carbons (Fsp3) is 0.579. The normalized spacial score (nSPS) is 27.3. The van der Waals surface area contributed by atoms with Crippen molar-refractivity contribution in [2.75, 3.05) is 6.61 Å². The molecule has 1 saturated carbocycles. The summed E-state index contributed by atoms with van der Waals surface area (Å²) in [7, 11) is 0. The Morgan fingerprint density at radius 3 is 2.43 bits per heavy atom. The van der Waals surface area contributed by atoms with E-state index in [1.54, 1.807) is 5.57 Å². The molecule has 1 nitrogen and oxygen atoms in total. The van der Waals surface area contributed by atoms with E-state index in [2.05, 4.69) is 49.5 Å². The van der Waals surface area contributed by atoms with Crippen molar-refractivity contribution < 1.29 is 56.1 Å². The van der Waals surface area contributed by atoms with Gasteiger partial charge < -0.3 is 29.9 Å². The van der Waals surface area contributed by atoms with Crippen molar-refractivity contribution in [2.45, 2.75) is 39.0 Å². The molecular formula is C19H26Cl2OZr. The van der Waals surface area contributed by atoms with Gasteiger partial charge in [-0.15, -0.1) is 0 Å². The molecule has 23 heavy (non-hydrogen) atoms. The van der Waals surface area contributed by atoms with E-state index in [9.17, 15) is 5.11 Å². The molecule has 0 spiro atoms. The van der Waals surface area contributed by atoms with Gasteiger partial charge in [0.05, 0.1) is 0 Å². The molecule has 3 unspecified atom stereocenters. The molecule has 3 rings (SSSR count). The van der Waals surface area contributed by atoms with E-state index in [0.29, 0.717) is 18.4 Å². The Labute approximate surface area is 172 Å². The molecule has 1 N–H and O–H groups in total. The van der Waals surface area contributed by atoms with Crippen molar-refractivity contribution in [3.63, 3.8) is 0 Å². The third kappa shape index (κ3) is 4.32. The van der Waals surface area contributed by atoms with E-state index in [-0.39, 0.29) is 56.4 Å². The smallest absolute Gasteiger partial charge is 1.00 e. The van der Waals surface area contributed by atoms with Crippen LogP contribution in [0.15, 0.2) is 48.1 Å². The maximum Gasteiger partial charge on any atom is 2.00 e. The minimum Gasteiger partial charge on any atom is -1.00 e. The van der Waals surface area contributed by atoms with Gasteiger partial charge in [-0.2, -0.15) is 0 Å². The summed E-state index contributed by atoms with van der Waals surface area (Å²) in [5, 5.41) is 9.67. The molecular weight excluding hydrogens is 406 g/mol. The van der Waals surface area contributed by atoms with Crippen LogP contribution in [0.25, 0.3) is 0 Å². The summed E-state index contributed by atoms with van der Waals surface area (Å²) in [6, 6.07) is 0. The van der Waals surface area contributed by atoms with Crippen LogP contribution in [0.4, 0.5) is 0 Å². The zero-order valence-corrected chi connectivity index (χ0v) is 17.7. The van der Waals surface area contributed by atoms with Crippen molar-refractivity contribution >= 4 is 0 Å². The average Bonchev–Trinajstić information content (AvgIpc) is 3.15. The molecule has 0 heterocycles. The van der Waals surface area contributed by atoms with Gasteiger partial charge in [-0.25, -0.2) is 0 Å². The fourth-order valence-electron chi connectivity index (χ4n) is 4.79. The number of hydrogen-bond acceptors (Lipinski definition) is 1. The van der Waals surface area contributed by atoms with Crippen LogP contribution >= 0.6 is 0 Å². The zero-order valence-electron chi connectivity index (χ0n) is 13.7. The number of hydrogen-bond donors (Lipinski definition) is 1. The molecule has 0 amide bonds. The summed E-state index contributed by atoms with van der Waals surface area (Å²) in [6.07, 6.45) is 21.9. The van der Waals surface area contributed by atoms with Crippen molar-refractivity contribution in [3.05, 3.63) is 48.1 Å². The second kappa shape index (κ2) is 10.4. The first-order valence-corrected chi connectivity index (χ1v) is 8.14. The van der Waals surface area contributed by atoms with E-state index in [0.717, 1.165) is 18.8 Å². The van der Waals surface area contributed by atoms with Crippen molar-refractivity contribution in [1.29, 1.82) is 0 Å². The van der Waals surface area contributed by atoms with E-state index < -0.39 is 0 Å². The number of allylic oxidation sites excluding steroid dienone is 8. The molecule has 4 heteroatoms. The molecule has 0 aromatic carbocycles.